The molecule has 3 rings (SSSR count). The van der Waals surface area contributed by atoms with Crippen molar-refractivity contribution < 1.29 is 24.2 Å². The quantitative estimate of drug-likeness (QED) is 0.373. The highest BCUT2D eigenvalue weighted by Gasteiger charge is 2.74. The normalized spacial score (nSPS) is 32.4. The molecule has 8 heteroatoms. The van der Waals surface area contributed by atoms with Crippen LogP contribution in [-0.2, 0) is 19.1 Å². The fraction of sp³-hybridized carbons (Fsp3) is 0.708. The third kappa shape index (κ3) is 3.89. The predicted octanol–water partition coefficient (Wildman–Crippen LogP) is 2.39. The largest absolute Gasteiger partial charge is 0.461 e. The van der Waals surface area contributed by atoms with E-state index in [2.05, 4.69) is 20.1 Å². The Morgan fingerprint density at radius 3 is 2.69 bits per heavy atom. The summed E-state index contributed by atoms with van der Waals surface area (Å²) >= 11 is 1.61. The molecule has 3 saturated heterocycles. The van der Waals surface area contributed by atoms with Crippen LogP contribution in [0.1, 0.15) is 46.5 Å². The number of hydrogen-bond donors (Lipinski definition) is 1. The minimum atomic E-state index is -0.714. The number of ether oxygens (including phenoxy) is 1. The van der Waals surface area contributed by atoms with E-state index >= 15 is 0 Å². The van der Waals surface area contributed by atoms with E-state index in [1.807, 2.05) is 6.92 Å². The van der Waals surface area contributed by atoms with Crippen LogP contribution in [0.3, 0.4) is 0 Å². The van der Waals surface area contributed by atoms with Crippen molar-refractivity contribution in [2.24, 2.45) is 11.8 Å². The van der Waals surface area contributed by atoms with Crippen LogP contribution in [-0.4, -0.2) is 80.6 Å². The van der Waals surface area contributed by atoms with Gasteiger partial charge in [0.2, 0.25) is 11.8 Å². The maximum atomic E-state index is 14.1. The molecule has 0 aromatic heterocycles. The van der Waals surface area contributed by atoms with E-state index < -0.39 is 34.6 Å². The zero-order valence-electron chi connectivity index (χ0n) is 19.4. The highest BCUT2D eigenvalue weighted by molar-refractivity contribution is 8.02. The molecule has 3 unspecified atom stereocenters. The molecule has 0 saturated carbocycles. The molecule has 0 aliphatic carbocycles. The van der Waals surface area contributed by atoms with E-state index in [0.717, 1.165) is 19.3 Å². The molecule has 0 aromatic carbocycles. The zero-order valence-corrected chi connectivity index (χ0v) is 20.2. The summed E-state index contributed by atoms with van der Waals surface area (Å²) in [5.74, 6) is -1.92. The van der Waals surface area contributed by atoms with E-state index in [0.29, 0.717) is 13.0 Å². The molecule has 0 radical (unpaired) electrons. The number of likely N-dealkylation sites (tertiary alicyclic amines) is 1. The number of amides is 2. The van der Waals surface area contributed by atoms with Crippen molar-refractivity contribution in [3.63, 3.8) is 0 Å². The number of esters is 1. The van der Waals surface area contributed by atoms with Crippen molar-refractivity contribution in [1.29, 1.82) is 0 Å². The predicted molar refractivity (Wildman–Crippen MR) is 125 cm³/mol. The van der Waals surface area contributed by atoms with Gasteiger partial charge in [0.15, 0.2) is 0 Å². The van der Waals surface area contributed by atoms with Crippen LogP contribution in [0, 0.1) is 11.8 Å². The van der Waals surface area contributed by atoms with Crippen molar-refractivity contribution in [2.75, 3.05) is 19.8 Å². The molecular weight excluding hydrogens is 428 g/mol. The second-order valence-corrected chi connectivity index (χ2v) is 10.8. The van der Waals surface area contributed by atoms with Gasteiger partial charge in [-0.2, -0.15) is 0 Å². The van der Waals surface area contributed by atoms with Gasteiger partial charge in [0, 0.05) is 17.8 Å². The first-order chi connectivity index (χ1) is 15.3. The number of carbonyl (C=O) groups excluding carboxylic acids is 3. The lowest BCUT2D eigenvalue weighted by Crippen LogP contribution is -2.58. The lowest BCUT2D eigenvalue weighted by Gasteiger charge is -2.40. The number of thioether (sulfide) groups is 1. The number of carbonyl (C=O) groups is 3. The minimum absolute atomic E-state index is 0.000656. The van der Waals surface area contributed by atoms with E-state index in [9.17, 15) is 19.5 Å². The summed E-state index contributed by atoms with van der Waals surface area (Å²) in [7, 11) is 0. The average molecular weight is 465 g/mol. The van der Waals surface area contributed by atoms with Gasteiger partial charge < -0.3 is 19.6 Å². The molecule has 2 bridgehead atoms. The highest BCUT2D eigenvalue weighted by atomic mass is 32.2. The van der Waals surface area contributed by atoms with Gasteiger partial charge in [0.1, 0.15) is 12.6 Å². The van der Waals surface area contributed by atoms with Gasteiger partial charge in [-0.15, -0.1) is 18.3 Å². The maximum absolute atomic E-state index is 14.1. The van der Waals surface area contributed by atoms with Gasteiger partial charge in [0.25, 0.3) is 0 Å². The molecule has 2 amide bonds. The highest BCUT2D eigenvalue weighted by Crippen LogP contribution is 2.66. The van der Waals surface area contributed by atoms with Crippen LogP contribution in [0.5, 0.6) is 0 Å². The number of nitrogens with zero attached hydrogens (tertiary/aromatic N) is 2. The fourth-order valence-electron chi connectivity index (χ4n) is 5.79. The molecule has 7 atom stereocenters. The third-order valence-electron chi connectivity index (χ3n) is 7.17. The van der Waals surface area contributed by atoms with Gasteiger partial charge in [0.05, 0.1) is 29.2 Å². The van der Waals surface area contributed by atoms with Crippen molar-refractivity contribution in [1.82, 2.24) is 9.80 Å². The monoisotopic (exact) mass is 464 g/mol. The van der Waals surface area contributed by atoms with E-state index in [-0.39, 0.29) is 36.3 Å². The summed E-state index contributed by atoms with van der Waals surface area (Å²) in [4.78, 5) is 44.1. The summed E-state index contributed by atoms with van der Waals surface area (Å²) in [5.41, 5.74) is 0. The van der Waals surface area contributed by atoms with Gasteiger partial charge >= 0.3 is 5.97 Å². The summed E-state index contributed by atoms with van der Waals surface area (Å²) in [6.45, 7) is 13.5. The Bertz CT molecular complexity index is 773. The Labute approximate surface area is 195 Å². The second-order valence-electron chi connectivity index (χ2n) is 9.17. The average Bonchev–Trinajstić information content (AvgIpc) is 3.42. The Balaban J connectivity index is 2.03. The third-order valence-corrected chi connectivity index (χ3v) is 9.13. The van der Waals surface area contributed by atoms with Crippen molar-refractivity contribution in [3.05, 3.63) is 25.3 Å². The smallest absolute Gasteiger partial charge is 0.311 e. The van der Waals surface area contributed by atoms with Gasteiger partial charge in [-0.05, 0) is 33.1 Å². The zero-order chi connectivity index (χ0) is 23.6. The van der Waals surface area contributed by atoms with Crippen LogP contribution in [0.4, 0.5) is 0 Å². The van der Waals surface area contributed by atoms with Gasteiger partial charge in [-0.25, -0.2) is 0 Å². The van der Waals surface area contributed by atoms with Crippen LogP contribution in [0.25, 0.3) is 0 Å². The molecule has 1 N–H and O–H groups in total. The molecule has 0 aromatic rings. The van der Waals surface area contributed by atoms with Gasteiger partial charge in [-0.3, -0.25) is 14.4 Å². The number of rotatable bonds is 11. The van der Waals surface area contributed by atoms with E-state index in [1.54, 1.807) is 34.6 Å². The van der Waals surface area contributed by atoms with Crippen LogP contribution >= 0.6 is 11.8 Å². The number of aliphatic hydroxyl groups is 1. The minimum Gasteiger partial charge on any atom is -0.461 e. The summed E-state index contributed by atoms with van der Waals surface area (Å²) < 4.78 is 4.68. The van der Waals surface area contributed by atoms with Crippen LogP contribution < -0.4 is 0 Å². The standard InChI is InChI=1S/C24H36N2O5S/c1-6-9-15(4)25(12-7-2)22(29)20-24-11-10-17(32-24)18(23(30)31-13-8-3)19(24)21(28)26(20)16(5)14-27/h7-8,15-20,27H,2-3,6,9-14H2,1,4-5H3/t15?,16-,17-,18+,19+,20?,24?/m1/s1. The lowest BCUT2D eigenvalue weighted by molar-refractivity contribution is -0.153. The van der Waals surface area contributed by atoms with Crippen molar-refractivity contribution >= 4 is 29.5 Å². The van der Waals surface area contributed by atoms with E-state index in [4.69, 9.17) is 4.74 Å². The van der Waals surface area contributed by atoms with E-state index in [1.165, 1.54) is 6.08 Å². The molecule has 1 spiro atoms. The molecule has 3 fully saturated rings. The molecule has 3 aliphatic heterocycles. The second kappa shape index (κ2) is 10.00. The van der Waals surface area contributed by atoms with Crippen LogP contribution in [0.15, 0.2) is 25.3 Å². The summed E-state index contributed by atoms with van der Waals surface area (Å²) in [6.07, 6.45) is 6.46. The number of fused-ring (bicyclic) bond motifs is 1. The lowest BCUT2D eigenvalue weighted by atomic mass is 9.71. The molecular formula is C24H36N2O5S. The fourth-order valence-corrected chi connectivity index (χ4v) is 7.98. The summed E-state index contributed by atoms with van der Waals surface area (Å²) in [6, 6.07) is -1.24. The van der Waals surface area contributed by atoms with Gasteiger partial charge in [-0.1, -0.05) is 32.1 Å². The Hall–Kier alpha value is -1.80. The van der Waals surface area contributed by atoms with Crippen LogP contribution in [0.2, 0.25) is 0 Å². The molecule has 3 heterocycles. The SMILES string of the molecule is C=CCOC(=O)[C@@H]1[C@H]2C(=O)N([C@H](C)CO)C(C(=O)N(CC=C)C(C)CCC)C23CC[C@H]1S3. The first-order valence-corrected chi connectivity index (χ1v) is 12.5. The number of aliphatic hydroxyl groups excluding tert-OH is 1. The Morgan fingerprint density at radius 1 is 1.38 bits per heavy atom. The topological polar surface area (TPSA) is 87.1 Å². The maximum Gasteiger partial charge on any atom is 0.311 e. The Morgan fingerprint density at radius 2 is 2.09 bits per heavy atom. The Kier molecular flexibility index (Phi) is 7.76. The summed E-state index contributed by atoms with van der Waals surface area (Å²) in [5, 5.41) is 9.89. The number of hydrogen-bond acceptors (Lipinski definition) is 6. The first-order valence-electron chi connectivity index (χ1n) is 11.6. The van der Waals surface area contributed by atoms with Crippen molar-refractivity contribution in [2.45, 2.75) is 74.6 Å². The van der Waals surface area contributed by atoms with Crippen molar-refractivity contribution in [3.8, 4) is 0 Å². The molecule has 32 heavy (non-hydrogen) atoms. The molecule has 3 aliphatic rings. The molecule has 178 valence electrons. The first kappa shape index (κ1) is 24.8. The molecule has 7 nitrogen and oxygen atoms in total.